The van der Waals surface area contributed by atoms with Gasteiger partial charge in [0.1, 0.15) is 6.33 Å². The number of aryl methyl sites for hydroxylation is 1. The maximum absolute atomic E-state index is 11.5. The molecule has 3 aromatic heterocycles. The Balaban J connectivity index is 2.73. The summed E-state index contributed by atoms with van der Waals surface area (Å²) in [6.07, 6.45) is 1.41. The van der Waals surface area contributed by atoms with E-state index in [-0.39, 0.29) is 11.1 Å². The lowest BCUT2D eigenvalue weighted by molar-refractivity contribution is 0.665. The number of aromatic nitrogens is 7. The summed E-state index contributed by atoms with van der Waals surface area (Å²) in [7, 11) is 1.65. The van der Waals surface area contributed by atoms with E-state index in [2.05, 4.69) is 25.5 Å². The fourth-order valence-electron chi connectivity index (χ4n) is 1.35. The van der Waals surface area contributed by atoms with Gasteiger partial charge in [-0.2, -0.15) is 4.80 Å². The molecule has 0 bridgehead atoms. The van der Waals surface area contributed by atoms with E-state index in [1.54, 1.807) is 7.05 Å². The van der Waals surface area contributed by atoms with Crippen molar-refractivity contribution in [2.24, 2.45) is 7.05 Å². The molecule has 0 fully saturated rings. The standard InChI is InChI=1S/C6H5N7O/c1-12-9-3-4(10-12)6(14)11-13-2-7-8-5(3)13/h2H,1H3,(H,11,14). The Morgan fingerprint density at radius 1 is 1.36 bits per heavy atom. The largest absolute Gasteiger partial charge is 0.293 e. The summed E-state index contributed by atoms with van der Waals surface area (Å²) in [4.78, 5) is 12.8. The molecular weight excluding hydrogens is 186 g/mol. The fraction of sp³-hybridized carbons (Fsp3) is 0.167. The van der Waals surface area contributed by atoms with Gasteiger partial charge in [0.15, 0.2) is 11.0 Å². The number of H-pyrrole nitrogens is 1. The second kappa shape index (κ2) is 2.16. The number of hydrogen-bond donors (Lipinski definition) is 1. The molecule has 0 aliphatic rings. The lowest BCUT2D eigenvalue weighted by atomic mass is 10.4. The van der Waals surface area contributed by atoms with Gasteiger partial charge in [0.2, 0.25) is 5.65 Å². The molecule has 0 aromatic carbocycles. The van der Waals surface area contributed by atoms with Crippen LogP contribution in [0.3, 0.4) is 0 Å². The molecule has 0 spiro atoms. The third-order valence-electron chi connectivity index (χ3n) is 1.91. The Kier molecular flexibility index (Phi) is 1.11. The number of fused-ring (bicyclic) bond motifs is 3. The highest BCUT2D eigenvalue weighted by molar-refractivity contribution is 5.85. The summed E-state index contributed by atoms with van der Waals surface area (Å²) in [5.41, 5.74) is 0.912. The molecule has 0 radical (unpaired) electrons. The van der Waals surface area contributed by atoms with Crippen LogP contribution < -0.4 is 5.56 Å². The molecule has 1 N–H and O–H groups in total. The maximum Gasteiger partial charge on any atom is 0.293 e. The number of aromatic amines is 1. The summed E-state index contributed by atoms with van der Waals surface area (Å²) >= 11 is 0. The number of hydrogen-bond acceptors (Lipinski definition) is 5. The molecule has 0 aliphatic carbocycles. The Hall–Kier alpha value is -2.25. The monoisotopic (exact) mass is 191 g/mol. The van der Waals surface area contributed by atoms with Crippen LogP contribution in [0.2, 0.25) is 0 Å². The van der Waals surface area contributed by atoms with Crippen LogP contribution in [0.1, 0.15) is 0 Å². The lowest BCUT2D eigenvalue weighted by Gasteiger charge is -1.89. The van der Waals surface area contributed by atoms with Gasteiger partial charge in [-0.15, -0.1) is 20.4 Å². The molecule has 70 valence electrons. The van der Waals surface area contributed by atoms with E-state index in [9.17, 15) is 4.79 Å². The molecule has 0 atom stereocenters. The predicted octanol–water partition coefficient (Wildman–Crippen LogP) is -1.30. The van der Waals surface area contributed by atoms with Crippen LogP contribution in [-0.4, -0.2) is 34.8 Å². The molecule has 0 saturated heterocycles. The minimum atomic E-state index is -0.305. The van der Waals surface area contributed by atoms with Crippen molar-refractivity contribution in [2.45, 2.75) is 0 Å². The highest BCUT2D eigenvalue weighted by atomic mass is 16.1. The van der Waals surface area contributed by atoms with Gasteiger partial charge in [0.25, 0.3) is 5.56 Å². The quantitative estimate of drug-likeness (QED) is 0.476. The molecule has 3 aromatic rings. The molecule has 0 unspecified atom stereocenters. The number of nitrogens with zero attached hydrogens (tertiary/aromatic N) is 6. The molecule has 14 heavy (non-hydrogen) atoms. The first-order chi connectivity index (χ1) is 6.75. The molecule has 0 saturated carbocycles. The van der Waals surface area contributed by atoms with E-state index in [1.165, 1.54) is 15.6 Å². The van der Waals surface area contributed by atoms with Crippen molar-refractivity contribution in [3.8, 4) is 0 Å². The molecular formula is C6H5N7O. The second-order valence-electron chi connectivity index (χ2n) is 2.85. The van der Waals surface area contributed by atoms with Crippen LogP contribution in [0.25, 0.3) is 16.7 Å². The van der Waals surface area contributed by atoms with Gasteiger partial charge >= 0.3 is 0 Å². The molecule has 0 aliphatic heterocycles. The van der Waals surface area contributed by atoms with E-state index >= 15 is 0 Å². The van der Waals surface area contributed by atoms with Crippen molar-refractivity contribution >= 4 is 16.7 Å². The third kappa shape index (κ3) is 0.741. The molecule has 3 rings (SSSR count). The first-order valence-electron chi connectivity index (χ1n) is 3.89. The summed E-state index contributed by atoms with van der Waals surface area (Å²) < 4.78 is 1.42. The predicted molar refractivity (Wildman–Crippen MR) is 45.7 cm³/mol. The average molecular weight is 191 g/mol. The van der Waals surface area contributed by atoms with E-state index in [1.807, 2.05) is 0 Å². The third-order valence-corrected chi connectivity index (χ3v) is 1.91. The van der Waals surface area contributed by atoms with Crippen molar-refractivity contribution in [1.82, 2.24) is 34.8 Å². The molecule has 3 heterocycles. The maximum atomic E-state index is 11.5. The first-order valence-corrected chi connectivity index (χ1v) is 3.89. The van der Waals surface area contributed by atoms with Crippen LogP contribution in [0.4, 0.5) is 0 Å². The van der Waals surface area contributed by atoms with Crippen molar-refractivity contribution in [3.63, 3.8) is 0 Å². The van der Waals surface area contributed by atoms with Gasteiger partial charge in [-0.05, 0) is 0 Å². The van der Waals surface area contributed by atoms with Crippen LogP contribution >= 0.6 is 0 Å². The summed E-state index contributed by atoms with van der Waals surface area (Å²) in [5, 5.41) is 18.0. The average Bonchev–Trinajstić information content (AvgIpc) is 2.69. The van der Waals surface area contributed by atoms with Crippen LogP contribution in [0, 0.1) is 0 Å². The fourth-order valence-corrected chi connectivity index (χ4v) is 1.35. The molecule has 0 amide bonds. The minimum absolute atomic E-state index is 0.271. The Morgan fingerprint density at radius 3 is 3.00 bits per heavy atom. The van der Waals surface area contributed by atoms with Gasteiger partial charge in [-0.25, -0.2) is 4.52 Å². The Morgan fingerprint density at radius 2 is 2.14 bits per heavy atom. The van der Waals surface area contributed by atoms with Gasteiger partial charge in [0.05, 0.1) is 0 Å². The lowest BCUT2D eigenvalue weighted by Crippen LogP contribution is -2.11. The normalized spacial score (nSPS) is 11.5. The smallest absolute Gasteiger partial charge is 0.265 e. The van der Waals surface area contributed by atoms with Gasteiger partial charge in [0, 0.05) is 7.05 Å². The molecule has 8 nitrogen and oxygen atoms in total. The Bertz CT molecular complexity index is 674. The van der Waals surface area contributed by atoms with E-state index < -0.39 is 0 Å². The zero-order valence-electron chi connectivity index (χ0n) is 7.17. The van der Waals surface area contributed by atoms with Crippen LogP contribution in [0.5, 0.6) is 0 Å². The van der Waals surface area contributed by atoms with Crippen molar-refractivity contribution in [2.75, 3.05) is 0 Å². The summed E-state index contributed by atoms with van der Waals surface area (Å²) in [5.74, 6) is 0. The minimum Gasteiger partial charge on any atom is -0.265 e. The van der Waals surface area contributed by atoms with E-state index in [0.29, 0.717) is 11.2 Å². The van der Waals surface area contributed by atoms with Gasteiger partial charge in [-0.3, -0.25) is 9.89 Å². The zero-order valence-corrected chi connectivity index (χ0v) is 7.17. The summed E-state index contributed by atoms with van der Waals surface area (Å²) in [6, 6.07) is 0. The first kappa shape index (κ1) is 7.18. The van der Waals surface area contributed by atoms with Crippen molar-refractivity contribution in [3.05, 3.63) is 16.7 Å². The van der Waals surface area contributed by atoms with Gasteiger partial charge in [-0.1, -0.05) is 0 Å². The van der Waals surface area contributed by atoms with Crippen LogP contribution in [-0.2, 0) is 7.05 Å². The highest BCUT2D eigenvalue weighted by Crippen LogP contribution is 2.07. The topological polar surface area (TPSA) is 93.8 Å². The van der Waals surface area contributed by atoms with E-state index in [0.717, 1.165) is 0 Å². The SMILES string of the molecule is Cn1nc2c(=O)[nH]n3cnnc3c2n1. The number of nitrogens with one attached hydrogen (secondary N) is 1. The van der Waals surface area contributed by atoms with Crippen molar-refractivity contribution < 1.29 is 0 Å². The van der Waals surface area contributed by atoms with Gasteiger partial charge < -0.3 is 0 Å². The van der Waals surface area contributed by atoms with E-state index in [4.69, 9.17) is 0 Å². The molecule has 8 heteroatoms. The number of rotatable bonds is 0. The van der Waals surface area contributed by atoms with Crippen molar-refractivity contribution in [1.29, 1.82) is 0 Å². The summed E-state index contributed by atoms with van der Waals surface area (Å²) in [6.45, 7) is 0. The van der Waals surface area contributed by atoms with Crippen LogP contribution in [0.15, 0.2) is 11.1 Å². The highest BCUT2D eigenvalue weighted by Gasteiger charge is 2.11. The second-order valence-corrected chi connectivity index (χ2v) is 2.85. The Labute approximate surface area is 76.1 Å². The zero-order chi connectivity index (χ0) is 9.71.